The first-order valence-corrected chi connectivity index (χ1v) is 7.71. The third-order valence-electron chi connectivity index (χ3n) is 1.76. The topological polar surface area (TPSA) is 49.7 Å². The Morgan fingerprint density at radius 2 is 1.64 bits per heavy atom. The van der Waals surface area contributed by atoms with Crippen LogP contribution in [0.15, 0.2) is 12.2 Å². The highest BCUT2D eigenvalue weighted by Gasteiger charge is 2.19. The van der Waals surface area contributed by atoms with Gasteiger partial charge in [0.15, 0.2) is 15.3 Å². The zero-order valence-electron chi connectivity index (χ0n) is 9.69. The summed E-state index contributed by atoms with van der Waals surface area (Å²) in [5.74, 6) is 0. The smallest absolute Gasteiger partial charge is 0.174 e. The fraction of sp³-hybridized carbons (Fsp3) is 0.800. The van der Waals surface area contributed by atoms with Gasteiger partial charge in [0.05, 0.1) is 6.10 Å². The lowest BCUT2D eigenvalue weighted by Crippen LogP contribution is -2.25. The zero-order chi connectivity index (χ0) is 11.4. The molecule has 0 amide bonds. The lowest BCUT2D eigenvalue weighted by atomic mass is 9.89. The molecule has 0 saturated carbocycles. The molecule has 0 aliphatic carbocycles. The molecule has 14 heavy (non-hydrogen) atoms. The van der Waals surface area contributed by atoms with E-state index in [2.05, 4.69) is 0 Å². The Labute approximate surface area is 88.1 Å². The summed E-state index contributed by atoms with van der Waals surface area (Å²) in [5, 5.41) is 19.0. The van der Waals surface area contributed by atoms with Crippen LogP contribution in [-0.4, -0.2) is 31.6 Å². The van der Waals surface area contributed by atoms with Crippen molar-refractivity contribution >= 4 is 9.04 Å². The minimum Gasteiger partial charge on any atom is -0.393 e. The molecule has 84 valence electrons. The van der Waals surface area contributed by atoms with Crippen molar-refractivity contribution in [3.05, 3.63) is 12.2 Å². The van der Waals surface area contributed by atoms with E-state index in [1.54, 1.807) is 6.08 Å². The Morgan fingerprint density at radius 3 is 2.00 bits per heavy atom. The molecule has 2 unspecified atom stereocenters. The van der Waals surface area contributed by atoms with E-state index in [0.717, 1.165) is 0 Å². The predicted octanol–water partition coefficient (Wildman–Crippen LogP) is 1.27. The van der Waals surface area contributed by atoms with Crippen molar-refractivity contribution in [3.63, 3.8) is 0 Å². The van der Waals surface area contributed by atoms with Crippen molar-refractivity contribution in [2.75, 3.05) is 0 Å². The van der Waals surface area contributed by atoms with Gasteiger partial charge in [0.2, 0.25) is 0 Å². The Bertz CT molecular complexity index is 184. The summed E-state index contributed by atoms with van der Waals surface area (Å²) in [6.45, 7) is 9.78. The van der Waals surface area contributed by atoms with Crippen molar-refractivity contribution in [1.82, 2.24) is 0 Å². The van der Waals surface area contributed by atoms with Gasteiger partial charge in [0.1, 0.15) is 0 Å². The fourth-order valence-electron chi connectivity index (χ4n) is 0.813. The molecule has 0 aliphatic rings. The highest BCUT2D eigenvalue weighted by atomic mass is 28.3. The van der Waals surface area contributed by atoms with E-state index in [0.29, 0.717) is 0 Å². The van der Waals surface area contributed by atoms with Crippen molar-refractivity contribution in [2.24, 2.45) is 5.41 Å². The maximum atomic E-state index is 9.63. The molecule has 0 radical (unpaired) electrons. The van der Waals surface area contributed by atoms with Gasteiger partial charge in [0, 0.05) is 0 Å². The fourth-order valence-corrected chi connectivity index (χ4v) is 1.46. The van der Waals surface area contributed by atoms with Gasteiger partial charge >= 0.3 is 0 Å². The summed E-state index contributed by atoms with van der Waals surface area (Å²) in [7, 11) is -1.22. The van der Waals surface area contributed by atoms with Crippen molar-refractivity contribution in [1.29, 1.82) is 0 Å². The number of rotatable bonds is 4. The molecular weight excluding hydrogens is 196 g/mol. The molecule has 0 aliphatic heterocycles. The van der Waals surface area contributed by atoms with Crippen molar-refractivity contribution in [3.8, 4) is 0 Å². The van der Waals surface area contributed by atoms with Gasteiger partial charge in [-0.25, -0.2) is 0 Å². The molecular formula is C10H22O3Si. The summed E-state index contributed by atoms with van der Waals surface area (Å²) in [6, 6.07) is 0. The Kier molecular flexibility index (Phi) is 5.59. The third kappa shape index (κ3) is 6.31. The Balaban J connectivity index is 4.04. The van der Waals surface area contributed by atoms with E-state index in [9.17, 15) is 10.2 Å². The summed E-state index contributed by atoms with van der Waals surface area (Å²) < 4.78 is 5.21. The van der Waals surface area contributed by atoms with Crippen LogP contribution in [0.4, 0.5) is 0 Å². The van der Waals surface area contributed by atoms with Crippen LogP contribution in [0.2, 0.25) is 13.1 Å². The first kappa shape index (κ1) is 13.8. The second-order valence-corrected chi connectivity index (χ2v) is 7.14. The minimum atomic E-state index is -1.22. The predicted molar refractivity (Wildman–Crippen MR) is 60.6 cm³/mol. The first-order valence-electron chi connectivity index (χ1n) is 4.93. The molecule has 0 aromatic heterocycles. The Morgan fingerprint density at radius 1 is 1.14 bits per heavy atom. The maximum absolute atomic E-state index is 9.63. The van der Waals surface area contributed by atoms with Gasteiger partial charge < -0.3 is 14.6 Å². The molecule has 0 fully saturated rings. The van der Waals surface area contributed by atoms with Crippen LogP contribution in [0.1, 0.15) is 20.8 Å². The second kappa shape index (κ2) is 5.65. The van der Waals surface area contributed by atoms with Crippen LogP contribution in [0, 0.1) is 5.41 Å². The van der Waals surface area contributed by atoms with E-state index in [1.165, 1.54) is 6.08 Å². The maximum Gasteiger partial charge on any atom is 0.174 e. The summed E-state index contributed by atoms with van der Waals surface area (Å²) in [6.07, 6.45) is 1.65. The van der Waals surface area contributed by atoms with Crippen LogP contribution in [0.25, 0.3) is 0 Å². The van der Waals surface area contributed by atoms with E-state index >= 15 is 0 Å². The highest BCUT2D eigenvalue weighted by molar-refractivity contribution is 6.48. The van der Waals surface area contributed by atoms with E-state index in [1.807, 2.05) is 33.9 Å². The molecule has 0 rings (SSSR count). The second-order valence-electron chi connectivity index (χ2n) is 4.77. The summed E-state index contributed by atoms with van der Waals surface area (Å²) >= 11 is 0. The molecule has 2 N–H and O–H groups in total. The lowest BCUT2D eigenvalue weighted by Gasteiger charge is -2.23. The standard InChI is InChI=1S/C10H22O3Si/c1-10(2,3)8(11)6-7-9(12)13-14(4)5/h6-9,11-12,14H,1-5H3/b7-6-. The average Bonchev–Trinajstić information content (AvgIpc) is 1.96. The van der Waals surface area contributed by atoms with Gasteiger partial charge in [0.25, 0.3) is 0 Å². The highest BCUT2D eigenvalue weighted by Crippen LogP contribution is 2.19. The van der Waals surface area contributed by atoms with E-state index in [4.69, 9.17) is 4.43 Å². The van der Waals surface area contributed by atoms with Crippen LogP contribution in [0.3, 0.4) is 0 Å². The summed E-state index contributed by atoms with van der Waals surface area (Å²) in [5.41, 5.74) is -0.203. The molecule has 0 bridgehead atoms. The van der Waals surface area contributed by atoms with Crippen LogP contribution >= 0.6 is 0 Å². The van der Waals surface area contributed by atoms with Crippen LogP contribution < -0.4 is 0 Å². The number of aliphatic hydroxyl groups excluding tert-OH is 2. The number of hydrogen-bond acceptors (Lipinski definition) is 3. The van der Waals surface area contributed by atoms with E-state index < -0.39 is 21.4 Å². The first-order chi connectivity index (χ1) is 6.23. The lowest BCUT2D eigenvalue weighted by molar-refractivity contribution is 0.0213. The minimum absolute atomic E-state index is 0.203. The molecule has 3 nitrogen and oxygen atoms in total. The molecule has 0 spiro atoms. The van der Waals surface area contributed by atoms with Crippen molar-refractivity contribution < 1.29 is 14.6 Å². The molecule has 0 aromatic carbocycles. The molecule has 0 saturated heterocycles. The van der Waals surface area contributed by atoms with E-state index in [-0.39, 0.29) is 5.41 Å². The molecule has 0 aromatic rings. The van der Waals surface area contributed by atoms with Crippen molar-refractivity contribution in [2.45, 2.75) is 46.3 Å². The molecule has 2 atom stereocenters. The monoisotopic (exact) mass is 218 g/mol. The molecule has 4 heteroatoms. The Hall–Kier alpha value is -0.163. The average molecular weight is 218 g/mol. The van der Waals surface area contributed by atoms with Gasteiger partial charge in [-0.15, -0.1) is 0 Å². The normalized spacial score (nSPS) is 17.7. The summed E-state index contributed by atoms with van der Waals surface area (Å²) in [4.78, 5) is 0. The van der Waals surface area contributed by atoms with Crippen LogP contribution in [-0.2, 0) is 4.43 Å². The quantitative estimate of drug-likeness (QED) is 0.424. The van der Waals surface area contributed by atoms with Gasteiger partial charge in [-0.2, -0.15) is 0 Å². The SMILES string of the molecule is C[SiH](C)OC(O)/C=C\C(O)C(C)(C)C. The van der Waals surface area contributed by atoms with Gasteiger partial charge in [-0.3, -0.25) is 0 Å². The number of hydrogen-bond donors (Lipinski definition) is 2. The number of aliphatic hydroxyl groups is 2. The molecule has 0 heterocycles. The van der Waals surface area contributed by atoms with Gasteiger partial charge in [-0.1, -0.05) is 26.8 Å². The largest absolute Gasteiger partial charge is 0.393 e. The zero-order valence-corrected chi connectivity index (χ0v) is 10.8. The van der Waals surface area contributed by atoms with Crippen LogP contribution in [0.5, 0.6) is 0 Å². The van der Waals surface area contributed by atoms with Gasteiger partial charge in [-0.05, 0) is 24.6 Å². The third-order valence-corrected chi connectivity index (χ3v) is 2.58.